The van der Waals surface area contributed by atoms with Crippen LogP contribution in [0.1, 0.15) is 58.5 Å². The van der Waals surface area contributed by atoms with E-state index in [1.165, 1.54) is 24.3 Å². The van der Waals surface area contributed by atoms with Crippen LogP contribution in [0, 0.1) is 3.57 Å². The van der Waals surface area contributed by atoms with Crippen LogP contribution in [-0.2, 0) is 4.57 Å². The number of phenols is 1. The largest absolute Gasteiger partial charge is 0.507 e. The van der Waals surface area contributed by atoms with Gasteiger partial charge < -0.3 is 30.8 Å². The summed E-state index contributed by atoms with van der Waals surface area (Å²) < 4.78 is 13.0. The number of hydrogen-bond acceptors (Lipinski definition) is 7. The molecule has 2 aromatic carbocycles. The highest BCUT2D eigenvalue weighted by Crippen LogP contribution is 2.42. The summed E-state index contributed by atoms with van der Waals surface area (Å²) in [5.41, 5.74) is 9.69. The number of carboxylic acids is 1. The van der Waals surface area contributed by atoms with Crippen molar-refractivity contribution in [1.29, 1.82) is 0 Å². The zero-order valence-electron chi connectivity index (χ0n) is 20.7. The predicted molar refractivity (Wildman–Crippen MR) is 151 cm³/mol. The van der Waals surface area contributed by atoms with E-state index in [1.54, 1.807) is 12.1 Å². The number of phenolic OH excluding ortho intramolecular Hbond substituents is 1. The number of hydrogen-bond donors (Lipinski definition) is 6. The average molecular weight is 659 g/mol. The fourth-order valence-corrected chi connectivity index (χ4v) is 5.94. The van der Waals surface area contributed by atoms with Gasteiger partial charge in [-0.1, -0.05) is 23.7 Å². The number of aliphatic hydroxyl groups is 1. The van der Waals surface area contributed by atoms with Gasteiger partial charge in [-0.15, -0.1) is 0 Å². The van der Waals surface area contributed by atoms with Gasteiger partial charge in [0.1, 0.15) is 5.75 Å². The number of carboxylic acid groups (broad SMARTS) is 1. The zero-order chi connectivity index (χ0) is 28.3. The lowest BCUT2D eigenvalue weighted by molar-refractivity contribution is 0.0696. The van der Waals surface area contributed by atoms with E-state index in [-0.39, 0.29) is 47.5 Å². The molecule has 0 aliphatic rings. The lowest BCUT2D eigenvalue weighted by atomic mass is 10.1. The lowest BCUT2D eigenvalue weighted by Crippen LogP contribution is -2.31. The van der Waals surface area contributed by atoms with Crippen LogP contribution >= 0.6 is 30.0 Å². The summed E-state index contributed by atoms with van der Waals surface area (Å²) in [6.45, 7) is 2.19. The van der Waals surface area contributed by atoms with Gasteiger partial charge in [0.05, 0.1) is 29.1 Å². The van der Waals surface area contributed by atoms with E-state index < -0.39 is 25.3 Å². The fourth-order valence-electron chi connectivity index (χ4n) is 3.67. The van der Waals surface area contributed by atoms with Crippen molar-refractivity contribution in [2.75, 3.05) is 25.4 Å². The number of azide groups is 1. The Balaban J connectivity index is 1.69. The van der Waals surface area contributed by atoms with Crippen molar-refractivity contribution in [3.63, 3.8) is 0 Å². The minimum atomic E-state index is -3.56. The SMILES string of the molecule is CC(NCC(O)CP(=O)(O)CCCCCNC(=O)c1cc(I)c(N=[N+]=[N-])cc1O)c1cccc(C(=O)O)c1. The van der Waals surface area contributed by atoms with Crippen molar-refractivity contribution in [1.82, 2.24) is 10.6 Å². The molecule has 206 valence electrons. The van der Waals surface area contributed by atoms with Gasteiger partial charge in [-0.3, -0.25) is 9.36 Å². The van der Waals surface area contributed by atoms with Crippen LogP contribution in [0.4, 0.5) is 5.69 Å². The maximum Gasteiger partial charge on any atom is 0.335 e. The molecule has 14 heteroatoms. The summed E-state index contributed by atoms with van der Waals surface area (Å²) in [5.74, 6) is -1.82. The third kappa shape index (κ3) is 10.2. The monoisotopic (exact) mass is 659 g/mol. The van der Waals surface area contributed by atoms with Crippen molar-refractivity contribution < 1.29 is 34.4 Å². The minimum Gasteiger partial charge on any atom is -0.507 e. The number of aromatic hydroxyl groups is 1. The summed E-state index contributed by atoms with van der Waals surface area (Å²) in [7, 11) is -3.56. The summed E-state index contributed by atoms with van der Waals surface area (Å²) in [4.78, 5) is 36.4. The van der Waals surface area contributed by atoms with Crippen LogP contribution in [0.15, 0.2) is 41.5 Å². The van der Waals surface area contributed by atoms with Crippen LogP contribution in [0.25, 0.3) is 10.4 Å². The number of carbonyl (C=O) groups excluding carboxylic acids is 1. The minimum absolute atomic E-state index is 0.0358. The molecule has 2 aromatic rings. The molecule has 0 aliphatic carbocycles. The van der Waals surface area contributed by atoms with E-state index in [2.05, 4.69) is 20.7 Å². The highest BCUT2D eigenvalue weighted by molar-refractivity contribution is 14.1. The number of unbranched alkanes of at least 4 members (excludes halogenated alkanes) is 2. The molecule has 38 heavy (non-hydrogen) atoms. The maximum atomic E-state index is 12.5. The molecule has 12 nitrogen and oxygen atoms in total. The van der Waals surface area contributed by atoms with Gasteiger partial charge in [-0.2, -0.15) is 0 Å². The molecule has 0 fully saturated rings. The van der Waals surface area contributed by atoms with Crippen molar-refractivity contribution in [2.24, 2.45) is 5.11 Å². The molecule has 6 N–H and O–H groups in total. The molecular weight excluding hydrogens is 628 g/mol. The van der Waals surface area contributed by atoms with E-state index in [9.17, 15) is 29.3 Å². The number of aliphatic hydroxyl groups excluding tert-OH is 1. The number of carbonyl (C=O) groups is 2. The van der Waals surface area contributed by atoms with Crippen molar-refractivity contribution >= 4 is 47.5 Å². The molecular formula is C24H31IN5O7P. The Morgan fingerprint density at radius 3 is 2.63 bits per heavy atom. The Morgan fingerprint density at radius 1 is 1.21 bits per heavy atom. The first-order valence-corrected chi connectivity index (χ1v) is 15.0. The van der Waals surface area contributed by atoms with Gasteiger partial charge in [-0.05, 0) is 77.7 Å². The van der Waals surface area contributed by atoms with Gasteiger partial charge in [0, 0.05) is 33.8 Å². The fraction of sp³-hybridized carbons (Fsp3) is 0.417. The van der Waals surface area contributed by atoms with Crippen molar-refractivity contribution in [2.45, 2.75) is 38.3 Å². The molecule has 0 radical (unpaired) electrons. The first-order valence-electron chi connectivity index (χ1n) is 11.8. The van der Waals surface area contributed by atoms with Gasteiger partial charge in [-0.25, -0.2) is 4.79 Å². The van der Waals surface area contributed by atoms with E-state index in [0.717, 1.165) is 5.56 Å². The molecule has 0 aromatic heterocycles. The van der Waals surface area contributed by atoms with Gasteiger partial charge in [0.2, 0.25) is 7.37 Å². The topological polar surface area (TPSA) is 205 Å². The van der Waals surface area contributed by atoms with Crippen LogP contribution in [-0.4, -0.2) is 63.6 Å². The second-order valence-corrected chi connectivity index (χ2v) is 12.5. The summed E-state index contributed by atoms with van der Waals surface area (Å²) in [6, 6.07) is 8.81. The number of nitrogens with one attached hydrogen (secondary N) is 2. The van der Waals surface area contributed by atoms with E-state index >= 15 is 0 Å². The number of nitrogens with zero attached hydrogens (tertiary/aromatic N) is 3. The van der Waals surface area contributed by atoms with E-state index in [1.807, 2.05) is 29.5 Å². The Bertz CT molecular complexity index is 1240. The number of benzene rings is 2. The van der Waals surface area contributed by atoms with Crippen LogP contribution < -0.4 is 10.6 Å². The van der Waals surface area contributed by atoms with Crippen LogP contribution in [0.5, 0.6) is 5.75 Å². The van der Waals surface area contributed by atoms with Gasteiger partial charge >= 0.3 is 5.97 Å². The van der Waals surface area contributed by atoms with Gasteiger partial charge in [0.25, 0.3) is 5.91 Å². The number of amides is 1. The average Bonchev–Trinajstić information content (AvgIpc) is 2.86. The first-order chi connectivity index (χ1) is 17.9. The predicted octanol–water partition coefficient (Wildman–Crippen LogP) is 4.52. The maximum absolute atomic E-state index is 12.5. The summed E-state index contributed by atoms with van der Waals surface area (Å²) in [5, 5.41) is 38.6. The molecule has 0 spiro atoms. The molecule has 0 saturated carbocycles. The van der Waals surface area contributed by atoms with E-state index in [4.69, 9.17) is 10.6 Å². The molecule has 0 saturated heterocycles. The molecule has 0 heterocycles. The second-order valence-electron chi connectivity index (χ2n) is 8.79. The third-order valence-corrected chi connectivity index (χ3v) is 8.59. The van der Waals surface area contributed by atoms with Crippen LogP contribution in [0.3, 0.4) is 0 Å². The standard InChI is InChI=1S/C24H31IN5O7P/c1-15(16-6-5-7-17(10-16)24(34)35)28-13-18(31)14-38(36,37)9-4-2-3-8-27-23(33)19-11-20(25)21(29-30-26)12-22(19)32/h5-7,10-12,15,18,28,31-32H,2-4,8-9,13-14H2,1H3,(H,27,33)(H,34,35)(H,36,37). The highest BCUT2D eigenvalue weighted by atomic mass is 127. The summed E-state index contributed by atoms with van der Waals surface area (Å²) in [6.07, 6.45) is 0.297. The molecule has 2 rings (SSSR count). The number of halogens is 1. The molecule has 0 bridgehead atoms. The molecule has 3 unspecified atom stereocenters. The Kier molecular flexibility index (Phi) is 12.5. The third-order valence-electron chi connectivity index (χ3n) is 5.72. The number of rotatable bonds is 15. The number of aromatic carboxylic acids is 1. The Labute approximate surface area is 233 Å². The van der Waals surface area contributed by atoms with Crippen molar-refractivity contribution in [3.8, 4) is 5.75 Å². The zero-order valence-corrected chi connectivity index (χ0v) is 23.8. The summed E-state index contributed by atoms with van der Waals surface area (Å²) >= 11 is 1.90. The quantitative estimate of drug-likeness (QED) is 0.0400. The van der Waals surface area contributed by atoms with Gasteiger partial charge in [0.15, 0.2) is 0 Å². The molecule has 0 aliphatic heterocycles. The van der Waals surface area contributed by atoms with Crippen LogP contribution in [0.2, 0.25) is 0 Å². The highest BCUT2D eigenvalue weighted by Gasteiger charge is 2.23. The normalized spacial score (nSPS) is 14.1. The molecule has 3 atom stereocenters. The second kappa shape index (κ2) is 15.1. The Hall–Kier alpha value is -2.67. The smallest absolute Gasteiger partial charge is 0.335 e. The lowest BCUT2D eigenvalue weighted by Gasteiger charge is -2.20. The van der Waals surface area contributed by atoms with E-state index in [0.29, 0.717) is 29.4 Å². The Morgan fingerprint density at radius 2 is 1.95 bits per heavy atom. The van der Waals surface area contributed by atoms with Crippen molar-refractivity contribution in [3.05, 3.63) is 67.1 Å². The first kappa shape index (κ1) is 31.5. The molecule has 1 amide bonds.